The van der Waals surface area contributed by atoms with Gasteiger partial charge in [0.2, 0.25) is 0 Å². The first-order chi connectivity index (χ1) is 14.1. The highest BCUT2D eigenvalue weighted by atomic mass is 16.5. The van der Waals surface area contributed by atoms with Gasteiger partial charge >= 0.3 is 0 Å². The van der Waals surface area contributed by atoms with Crippen molar-refractivity contribution in [1.82, 2.24) is 0 Å². The second-order valence-corrected chi connectivity index (χ2v) is 6.46. The SMILES string of the molecule is CCC(Oc1ccc(-c2ccccc2)cc1)C(=O)Nc1cc(OC)ccc1OC. The summed E-state index contributed by atoms with van der Waals surface area (Å²) in [5.41, 5.74) is 2.77. The first-order valence-electron chi connectivity index (χ1n) is 9.49. The fourth-order valence-corrected chi connectivity index (χ4v) is 2.97. The third-order valence-corrected chi connectivity index (χ3v) is 4.57. The molecule has 3 aromatic carbocycles. The van der Waals surface area contributed by atoms with E-state index in [4.69, 9.17) is 14.2 Å². The van der Waals surface area contributed by atoms with E-state index in [9.17, 15) is 4.79 Å². The number of carbonyl (C=O) groups is 1. The number of amides is 1. The van der Waals surface area contributed by atoms with Crippen molar-refractivity contribution < 1.29 is 19.0 Å². The summed E-state index contributed by atoms with van der Waals surface area (Å²) in [5, 5.41) is 2.88. The maximum absolute atomic E-state index is 12.8. The van der Waals surface area contributed by atoms with Crippen molar-refractivity contribution in [3.8, 4) is 28.4 Å². The molecular formula is C24H25NO4. The van der Waals surface area contributed by atoms with E-state index in [2.05, 4.69) is 17.4 Å². The zero-order valence-electron chi connectivity index (χ0n) is 16.8. The van der Waals surface area contributed by atoms with E-state index >= 15 is 0 Å². The van der Waals surface area contributed by atoms with E-state index in [1.54, 1.807) is 32.4 Å². The Bertz CT molecular complexity index is 939. The van der Waals surface area contributed by atoms with Gasteiger partial charge in [0.15, 0.2) is 6.10 Å². The van der Waals surface area contributed by atoms with Crippen LogP contribution in [0.5, 0.6) is 17.2 Å². The Hall–Kier alpha value is -3.47. The summed E-state index contributed by atoms with van der Waals surface area (Å²) in [6, 6.07) is 23.1. The molecule has 3 rings (SSSR count). The van der Waals surface area contributed by atoms with Gasteiger partial charge in [0.25, 0.3) is 5.91 Å². The van der Waals surface area contributed by atoms with Crippen LogP contribution in [0, 0.1) is 0 Å². The lowest BCUT2D eigenvalue weighted by molar-refractivity contribution is -0.122. The Balaban J connectivity index is 1.70. The van der Waals surface area contributed by atoms with E-state index in [1.807, 2.05) is 49.4 Å². The Labute approximate surface area is 171 Å². The first kappa shape index (κ1) is 20.3. The van der Waals surface area contributed by atoms with Crippen molar-refractivity contribution >= 4 is 11.6 Å². The Morgan fingerprint density at radius 1 is 0.862 bits per heavy atom. The van der Waals surface area contributed by atoms with Crippen molar-refractivity contribution in [2.45, 2.75) is 19.4 Å². The summed E-state index contributed by atoms with van der Waals surface area (Å²) in [5.74, 6) is 1.59. The van der Waals surface area contributed by atoms with Crippen molar-refractivity contribution in [3.63, 3.8) is 0 Å². The third kappa shape index (κ3) is 5.08. The fraction of sp³-hybridized carbons (Fsp3) is 0.208. The Morgan fingerprint density at radius 3 is 2.14 bits per heavy atom. The number of benzene rings is 3. The average molecular weight is 391 g/mol. The van der Waals surface area contributed by atoms with Crippen molar-refractivity contribution in [1.29, 1.82) is 0 Å². The summed E-state index contributed by atoms with van der Waals surface area (Å²) < 4.78 is 16.5. The first-order valence-corrected chi connectivity index (χ1v) is 9.49. The van der Waals surface area contributed by atoms with Crippen molar-refractivity contribution in [3.05, 3.63) is 72.8 Å². The summed E-state index contributed by atoms with van der Waals surface area (Å²) in [6.45, 7) is 1.91. The number of ether oxygens (including phenoxy) is 3. The minimum atomic E-state index is -0.631. The topological polar surface area (TPSA) is 56.8 Å². The monoisotopic (exact) mass is 391 g/mol. The van der Waals surface area contributed by atoms with Gasteiger partial charge in [-0.2, -0.15) is 0 Å². The lowest BCUT2D eigenvalue weighted by Gasteiger charge is -2.19. The highest BCUT2D eigenvalue weighted by Gasteiger charge is 2.20. The molecule has 1 atom stereocenters. The molecule has 5 heteroatoms. The molecule has 29 heavy (non-hydrogen) atoms. The maximum Gasteiger partial charge on any atom is 0.265 e. The second kappa shape index (κ2) is 9.64. The molecule has 0 aliphatic heterocycles. The third-order valence-electron chi connectivity index (χ3n) is 4.57. The quantitative estimate of drug-likeness (QED) is 0.576. The van der Waals surface area contributed by atoms with Gasteiger partial charge in [0, 0.05) is 6.07 Å². The molecular weight excluding hydrogens is 366 g/mol. The molecule has 0 aromatic heterocycles. The number of carbonyl (C=O) groups excluding carboxylic acids is 1. The predicted molar refractivity (Wildman–Crippen MR) is 115 cm³/mol. The summed E-state index contributed by atoms with van der Waals surface area (Å²) in [7, 11) is 3.13. The van der Waals surface area contributed by atoms with Gasteiger partial charge in [-0.3, -0.25) is 4.79 Å². The minimum absolute atomic E-state index is 0.244. The molecule has 5 nitrogen and oxygen atoms in total. The van der Waals surface area contributed by atoms with Crippen LogP contribution in [0.15, 0.2) is 72.8 Å². The minimum Gasteiger partial charge on any atom is -0.497 e. The number of hydrogen-bond acceptors (Lipinski definition) is 4. The second-order valence-electron chi connectivity index (χ2n) is 6.46. The number of anilines is 1. The predicted octanol–water partition coefficient (Wildman–Crippen LogP) is 5.17. The lowest BCUT2D eigenvalue weighted by atomic mass is 10.1. The summed E-state index contributed by atoms with van der Waals surface area (Å²) >= 11 is 0. The molecule has 0 radical (unpaired) electrons. The van der Waals surface area contributed by atoms with Crippen LogP contribution >= 0.6 is 0 Å². The van der Waals surface area contributed by atoms with Gasteiger partial charge in [-0.25, -0.2) is 0 Å². The zero-order chi connectivity index (χ0) is 20.6. The average Bonchev–Trinajstić information content (AvgIpc) is 2.78. The van der Waals surface area contributed by atoms with Gasteiger partial charge in [0.1, 0.15) is 17.2 Å². The van der Waals surface area contributed by atoms with Gasteiger partial charge in [-0.15, -0.1) is 0 Å². The van der Waals surface area contributed by atoms with E-state index in [1.165, 1.54) is 0 Å². The smallest absolute Gasteiger partial charge is 0.265 e. The highest BCUT2D eigenvalue weighted by molar-refractivity contribution is 5.95. The molecule has 0 bridgehead atoms. The number of hydrogen-bond donors (Lipinski definition) is 1. The normalized spacial score (nSPS) is 11.4. The fourth-order valence-electron chi connectivity index (χ4n) is 2.97. The van der Waals surface area contributed by atoms with Crippen LogP contribution in [0.4, 0.5) is 5.69 Å². The molecule has 1 unspecified atom stereocenters. The number of methoxy groups -OCH3 is 2. The van der Waals surface area contributed by atoms with E-state index in [0.717, 1.165) is 11.1 Å². The van der Waals surface area contributed by atoms with E-state index in [0.29, 0.717) is 29.4 Å². The number of nitrogens with one attached hydrogen (secondary N) is 1. The standard InChI is InChI=1S/C24H25NO4/c1-4-22(24(26)25-21-16-20(27-2)14-15-23(21)28-3)29-19-12-10-18(11-13-19)17-8-6-5-7-9-17/h5-16,22H,4H2,1-3H3,(H,25,26). The molecule has 1 N–H and O–H groups in total. The summed E-state index contributed by atoms with van der Waals surface area (Å²) in [4.78, 5) is 12.8. The molecule has 0 aliphatic rings. The molecule has 1 amide bonds. The lowest BCUT2D eigenvalue weighted by Crippen LogP contribution is -2.32. The molecule has 0 saturated carbocycles. The molecule has 0 aliphatic carbocycles. The highest BCUT2D eigenvalue weighted by Crippen LogP contribution is 2.29. The molecule has 0 spiro atoms. The zero-order valence-corrected chi connectivity index (χ0v) is 16.8. The van der Waals surface area contributed by atoms with Crippen LogP contribution in [0.1, 0.15) is 13.3 Å². The van der Waals surface area contributed by atoms with Crippen molar-refractivity contribution in [2.75, 3.05) is 19.5 Å². The number of rotatable bonds is 8. The molecule has 150 valence electrons. The summed E-state index contributed by atoms with van der Waals surface area (Å²) in [6.07, 6.45) is -0.105. The largest absolute Gasteiger partial charge is 0.497 e. The van der Waals surface area contributed by atoms with E-state index in [-0.39, 0.29) is 5.91 Å². The van der Waals surface area contributed by atoms with Gasteiger partial charge in [-0.1, -0.05) is 49.4 Å². The van der Waals surface area contributed by atoms with Gasteiger partial charge in [-0.05, 0) is 41.8 Å². The Kier molecular flexibility index (Phi) is 6.74. The van der Waals surface area contributed by atoms with Crippen LogP contribution in [0.3, 0.4) is 0 Å². The van der Waals surface area contributed by atoms with E-state index < -0.39 is 6.10 Å². The molecule has 3 aromatic rings. The maximum atomic E-state index is 12.8. The van der Waals surface area contributed by atoms with Gasteiger partial charge in [0.05, 0.1) is 19.9 Å². The van der Waals surface area contributed by atoms with Crippen LogP contribution in [0.25, 0.3) is 11.1 Å². The van der Waals surface area contributed by atoms with Crippen LogP contribution < -0.4 is 19.5 Å². The van der Waals surface area contributed by atoms with Crippen LogP contribution in [-0.4, -0.2) is 26.2 Å². The Morgan fingerprint density at radius 2 is 1.52 bits per heavy atom. The molecule has 0 fully saturated rings. The van der Waals surface area contributed by atoms with Crippen molar-refractivity contribution in [2.24, 2.45) is 0 Å². The molecule has 0 heterocycles. The van der Waals surface area contributed by atoms with Gasteiger partial charge < -0.3 is 19.5 Å². The van der Waals surface area contributed by atoms with Crippen LogP contribution in [-0.2, 0) is 4.79 Å². The van der Waals surface area contributed by atoms with Crippen LogP contribution in [0.2, 0.25) is 0 Å². The molecule has 0 saturated heterocycles.